The van der Waals surface area contributed by atoms with Crippen molar-refractivity contribution in [2.24, 2.45) is 0 Å². The van der Waals surface area contributed by atoms with Gasteiger partial charge in [-0.05, 0) is 35.2 Å². The third-order valence-corrected chi connectivity index (χ3v) is 5.24. The summed E-state index contributed by atoms with van der Waals surface area (Å²) < 4.78 is 4.81. The predicted octanol–water partition coefficient (Wildman–Crippen LogP) is 4.56. The average molecular weight is 406 g/mol. The lowest BCUT2D eigenvalue weighted by Gasteiger charge is -2.34. The van der Waals surface area contributed by atoms with Crippen molar-refractivity contribution in [3.05, 3.63) is 94.5 Å². The minimum absolute atomic E-state index is 0.0389. The van der Waals surface area contributed by atoms with Gasteiger partial charge in [0.25, 0.3) is 11.8 Å². The lowest BCUT2D eigenvalue weighted by molar-refractivity contribution is -0.136. The Balaban J connectivity index is 1.94. The number of rotatable bonds is 4. The largest absolute Gasteiger partial charge is 0.466 e. The first-order valence-electron chi connectivity index (χ1n) is 8.86. The number of imide groups is 1. The number of halogens is 1. The van der Waals surface area contributed by atoms with Crippen LogP contribution in [0.25, 0.3) is 10.8 Å². The Hall–Kier alpha value is -3.44. The number of esters is 1. The van der Waals surface area contributed by atoms with Crippen LogP contribution in [0, 0.1) is 0 Å². The Morgan fingerprint density at radius 3 is 2.14 bits per heavy atom. The zero-order valence-electron chi connectivity index (χ0n) is 15.5. The number of ether oxygens (including phenoxy) is 1. The molecule has 0 aliphatic carbocycles. The molecular formula is C23H16ClNO4. The van der Waals surface area contributed by atoms with Crippen LogP contribution in [-0.4, -0.2) is 29.8 Å². The molecule has 0 fully saturated rings. The maximum absolute atomic E-state index is 13.4. The van der Waals surface area contributed by atoms with E-state index in [4.69, 9.17) is 16.3 Å². The lowest BCUT2D eigenvalue weighted by atomic mass is 9.90. The number of carbonyl (C=O) groups is 3. The van der Waals surface area contributed by atoms with Crippen molar-refractivity contribution in [1.29, 1.82) is 0 Å². The third-order valence-electron chi connectivity index (χ3n) is 5.00. The van der Waals surface area contributed by atoms with E-state index < -0.39 is 23.8 Å². The second-order valence-corrected chi connectivity index (χ2v) is 7.10. The molecule has 1 heterocycles. The van der Waals surface area contributed by atoms with Crippen LogP contribution >= 0.6 is 11.6 Å². The first-order chi connectivity index (χ1) is 13.9. The van der Waals surface area contributed by atoms with Gasteiger partial charge in [-0.2, -0.15) is 0 Å². The van der Waals surface area contributed by atoms with Crippen LogP contribution in [0.4, 0.5) is 0 Å². The van der Waals surface area contributed by atoms with Gasteiger partial charge >= 0.3 is 5.97 Å². The molecule has 0 saturated heterocycles. The van der Waals surface area contributed by atoms with Crippen molar-refractivity contribution < 1.29 is 19.1 Å². The summed E-state index contributed by atoms with van der Waals surface area (Å²) in [6, 6.07) is 16.1. The molecule has 5 nitrogen and oxygen atoms in total. The number of carbonyl (C=O) groups excluding carboxylic acids is 3. The van der Waals surface area contributed by atoms with Gasteiger partial charge in [0.1, 0.15) is 0 Å². The molecule has 6 heteroatoms. The van der Waals surface area contributed by atoms with Crippen molar-refractivity contribution >= 4 is 40.2 Å². The molecule has 3 aromatic rings. The molecule has 144 valence electrons. The van der Waals surface area contributed by atoms with Gasteiger partial charge in [0, 0.05) is 21.5 Å². The Labute approximate surface area is 172 Å². The number of methoxy groups -OCH3 is 1. The summed E-state index contributed by atoms with van der Waals surface area (Å²) >= 11 is 6.13. The topological polar surface area (TPSA) is 63.7 Å². The van der Waals surface area contributed by atoms with Crippen LogP contribution in [0.5, 0.6) is 0 Å². The van der Waals surface area contributed by atoms with Gasteiger partial charge in [-0.3, -0.25) is 14.5 Å². The van der Waals surface area contributed by atoms with Crippen LogP contribution in [0.2, 0.25) is 5.02 Å². The van der Waals surface area contributed by atoms with Crippen LogP contribution in [-0.2, 0) is 9.53 Å². The maximum atomic E-state index is 13.4. The predicted molar refractivity (Wildman–Crippen MR) is 110 cm³/mol. The monoisotopic (exact) mass is 405 g/mol. The van der Waals surface area contributed by atoms with E-state index in [0.29, 0.717) is 27.1 Å². The molecule has 0 unspecified atom stereocenters. The summed E-state index contributed by atoms with van der Waals surface area (Å²) in [5, 5.41) is 1.81. The van der Waals surface area contributed by atoms with E-state index >= 15 is 0 Å². The highest BCUT2D eigenvalue weighted by atomic mass is 35.5. The molecule has 0 N–H and O–H groups in total. The van der Waals surface area contributed by atoms with Crippen molar-refractivity contribution in [2.45, 2.75) is 6.04 Å². The van der Waals surface area contributed by atoms with E-state index in [1.807, 2.05) is 12.1 Å². The van der Waals surface area contributed by atoms with E-state index in [1.165, 1.54) is 7.11 Å². The lowest BCUT2D eigenvalue weighted by Crippen LogP contribution is -2.44. The maximum Gasteiger partial charge on any atom is 0.335 e. The highest BCUT2D eigenvalue weighted by molar-refractivity contribution is 6.30. The Morgan fingerprint density at radius 2 is 1.59 bits per heavy atom. The number of hydrogen-bond donors (Lipinski definition) is 0. The Kier molecular flexibility index (Phi) is 4.68. The zero-order chi connectivity index (χ0) is 20.7. The minimum atomic E-state index is -1.05. The number of nitrogens with zero attached hydrogens (tertiary/aromatic N) is 1. The van der Waals surface area contributed by atoms with Crippen molar-refractivity contribution in [2.75, 3.05) is 7.11 Å². The second-order valence-electron chi connectivity index (χ2n) is 6.66. The Bertz CT molecular complexity index is 1150. The molecular weight excluding hydrogens is 390 g/mol. The fraction of sp³-hybridized carbons (Fsp3) is 0.0870. The number of hydrogen-bond acceptors (Lipinski definition) is 4. The van der Waals surface area contributed by atoms with Gasteiger partial charge < -0.3 is 4.74 Å². The highest BCUT2D eigenvalue weighted by Crippen LogP contribution is 2.38. The van der Waals surface area contributed by atoms with Gasteiger partial charge in [-0.25, -0.2) is 4.79 Å². The van der Waals surface area contributed by atoms with Crippen LogP contribution < -0.4 is 0 Å². The normalized spacial score (nSPS) is 14.1. The van der Waals surface area contributed by atoms with Gasteiger partial charge in [0.05, 0.1) is 18.7 Å². The first-order valence-corrected chi connectivity index (χ1v) is 9.24. The van der Waals surface area contributed by atoms with Gasteiger partial charge in [-0.1, -0.05) is 54.6 Å². The van der Waals surface area contributed by atoms with Gasteiger partial charge in [0.15, 0.2) is 0 Å². The smallest absolute Gasteiger partial charge is 0.335 e. The SMILES string of the molecule is C=C(C(=O)OC)[C@H](c1cccc(Cl)c1)N1C(=O)c2cccc3cccc(c23)C1=O. The first kappa shape index (κ1) is 18.9. The molecule has 4 rings (SSSR count). The van der Waals surface area contributed by atoms with E-state index in [2.05, 4.69) is 6.58 Å². The molecule has 1 aliphatic heterocycles. The molecule has 0 aromatic heterocycles. The average Bonchev–Trinajstić information content (AvgIpc) is 2.73. The van der Waals surface area contributed by atoms with E-state index in [-0.39, 0.29) is 5.57 Å². The van der Waals surface area contributed by atoms with Crippen LogP contribution in [0.15, 0.2) is 72.8 Å². The molecule has 0 spiro atoms. The number of amides is 2. The van der Waals surface area contributed by atoms with Crippen LogP contribution in [0.1, 0.15) is 32.3 Å². The molecule has 0 saturated carbocycles. The molecule has 0 bridgehead atoms. The molecule has 29 heavy (non-hydrogen) atoms. The molecule has 2 amide bonds. The van der Waals surface area contributed by atoms with Crippen molar-refractivity contribution in [1.82, 2.24) is 4.90 Å². The molecule has 1 aliphatic rings. The zero-order valence-corrected chi connectivity index (χ0v) is 16.3. The summed E-state index contributed by atoms with van der Waals surface area (Å²) in [6.07, 6.45) is 0. The summed E-state index contributed by atoms with van der Waals surface area (Å²) in [7, 11) is 1.22. The fourth-order valence-corrected chi connectivity index (χ4v) is 3.91. The molecule has 1 atom stereocenters. The van der Waals surface area contributed by atoms with Gasteiger partial charge in [0.2, 0.25) is 0 Å². The second kappa shape index (κ2) is 7.18. The standard InChI is InChI=1S/C23H16ClNO4/c1-13(23(28)29-2)20(15-8-3-9-16(24)12-15)25-21(26)17-10-4-6-14-7-5-11-18(19(14)17)22(25)27/h3-12,20H,1H2,2H3/t20-/m1/s1. The molecule has 0 radical (unpaired) electrons. The summed E-state index contributed by atoms with van der Waals surface area (Å²) in [5.74, 6) is -1.73. The fourth-order valence-electron chi connectivity index (χ4n) is 3.71. The Morgan fingerprint density at radius 1 is 1.00 bits per heavy atom. The quantitative estimate of drug-likeness (QED) is 0.362. The number of benzene rings is 3. The third kappa shape index (κ3) is 3.00. The summed E-state index contributed by atoms with van der Waals surface area (Å²) in [6.45, 7) is 3.82. The molecule has 3 aromatic carbocycles. The van der Waals surface area contributed by atoms with E-state index in [9.17, 15) is 14.4 Å². The highest BCUT2D eigenvalue weighted by Gasteiger charge is 2.40. The van der Waals surface area contributed by atoms with E-state index in [0.717, 1.165) is 10.3 Å². The van der Waals surface area contributed by atoms with Gasteiger partial charge in [-0.15, -0.1) is 0 Å². The minimum Gasteiger partial charge on any atom is -0.466 e. The van der Waals surface area contributed by atoms with Crippen molar-refractivity contribution in [3.63, 3.8) is 0 Å². The van der Waals surface area contributed by atoms with E-state index in [1.54, 1.807) is 48.5 Å². The summed E-state index contributed by atoms with van der Waals surface area (Å²) in [4.78, 5) is 40.2. The van der Waals surface area contributed by atoms with Crippen molar-refractivity contribution in [3.8, 4) is 0 Å². The van der Waals surface area contributed by atoms with Crippen LogP contribution in [0.3, 0.4) is 0 Å². The summed E-state index contributed by atoms with van der Waals surface area (Å²) in [5.41, 5.74) is 1.23.